The molecule has 30 heavy (non-hydrogen) atoms. The van der Waals surface area contributed by atoms with E-state index in [0.29, 0.717) is 21.7 Å². The van der Waals surface area contributed by atoms with Crippen LogP contribution in [-0.2, 0) is 17.8 Å². The number of benzene rings is 1. The van der Waals surface area contributed by atoms with E-state index in [1.54, 1.807) is 0 Å². The quantitative estimate of drug-likeness (QED) is 0.442. The Morgan fingerprint density at radius 1 is 1.20 bits per heavy atom. The highest BCUT2D eigenvalue weighted by atomic mass is 35.5. The molecule has 1 saturated heterocycles. The minimum Gasteiger partial charge on any atom is -0.326 e. The van der Waals surface area contributed by atoms with E-state index in [0.717, 1.165) is 40.1 Å². The van der Waals surface area contributed by atoms with E-state index in [9.17, 15) is 4.79 Å². The molecule has 1 aromatic carbocycles. The highest BCUT2D eigenvalue weighted by Gasteiger charge is 2.25. The van der Waals surface area contributed by atoms with Crippen LogP contribution in [0.2, 0.25) is 0 Å². The van der Waals surface area contributed by atoms with Crippen molar-refractivity contribution < 1.29 is 4.79 Å². The van der Waals surface area contributed by atoms with Gasteiger partial charge in [-0.1, -0.05) is 67.7 Å². The summed E-state index contributed by atoms with van der Waals surface area (Å²) >= 11 is 6.42. The first-order valence-electron chi connectivity index (χ1n) is 9.34. The number of aromatic nitrogens is 1. The fraction of sp³-hybridized carbons (Fsp3) is 0.318. The third kappa shape index (κ3) is 5.83. The number of thiocarbonyl (C=S) groups is 1. The van der Waals surface area contributed by atoms with E-state index in [4.69, 9.17) is 22.9 Å². The molecule has 2 aromatic rings. The number of nitrogens with zero attached hydrogens (tertiary/aromatic N) is 1. The molecular weight excluding hydrogens is 457 g/mol. The smallest absolute Gasteiger partial charge is 0.263 e. The predicted molar refractivity (Wildman–Crippen MR) is 136 cm³/mol. The highest BCUT2D eigenvalue weighted by Crippen LogP contribution is 2.36. The Labute approximate surface area is 200 Å². The Morgan fingerprint density at radius 2 is 1.83 bits per heavy atom. The van der Waals surface area contributed by atoms with Gasteiger partial charge in [-0.05, 0) is 49.0 Å². The second-order valence-electron chi connectivity index (χ2n) is 7.43. The fourth-order valence-corrected chi connectivity index (χ4v) is 4.40. The second-order valence-corrected chi connectivity index (χ2v) is 9.15. The number of rotatable bonds is 5. The van der Waals surface area contributed by atoms with E-state index in [-0.39, 0.29) is 30.7 Å². The van der Waals surface area contributed by atoms with Crippen LogP contribution in [0.4, 0.5) is 0 Å². The van der Waals surface area contributed by atoms with Crippen molar-refractivity contribution in [3.8, 4) is 11.1 Å². The average Bonchev–Trinajstić information content (AvgIpc) is 2.94. The van der Waals surface area contributed by atoms with Crippen LogP contribution in [0.3, 0.4) is 0 Å². The number of nitrogens with one attached hydrogen (secondary N) is 1. The summed E-state index contributed by atoms with van der Waals surface area (Å²) in [4.78, 5) is 17.7. The van der Waals surface area contributed by atoms with E-state index >= 15 is 0 Å². The largest absolute Gasteiger partial charge is 0.326 e. The number of nitrogens with two attached hydrogens (primary N) is 1. The number of halogens is 2. The zero-order chi connectivity index (χ0) is 20.4. The van der Waals surface area contributed by atoms with Crippen LogP contribution < -0.4 is 11.1 Å². The molecule has 0 bridgehead atoms. The summed E-state index contributed by atoms with van der Waals surface area (Å²) in [5.41, 5.74) is 13.4. The maximum absolute atomic E-state index is 12.2. The van der Waals surface area contributed by atoms with Crippen molar-refractivity contribution in [2.24, 2.45) is 11.7 Å². The molecule has 0 unspecified atom stereocenters. The van der Waals surface area contributed by atoms with Crippen molar-refractivity contribution in [1.82, 2.24) is 10.3 Å². The molecule has 3 N–H and O–H groups in total. The number of amides is 1. The Bertz CT molecular complexity index is 973. The van der Waals surface area contributed by atoms with Crippen molar-refractivity contribution in [1.29, 1.82) is 0 Å². The van der Waals surface area contributed by atoms with Gasteiger partial charge in [-0.2, -0.15) is 0 Å². The molecule has 0 spiro atoms. The fourth-order valence-electron chi connectivity index (χ4n) is 3.37. The van der Waals surface area contributed by atoms with Gasteiger partial charge >= 0.3 is 0 Å². The zero-order valence-electron chi connectivity index (χ0n) is 17.4. The number of thioether (sulfide) groups is 1. The lowest BCUT2D eigenvalue weighted by Crippen LogP contribution is -2.17. The molecule has 162 valence electrons. The van der Waals surface area contributed by atoms with E-state index in [1.165, 1.54) is 17.3 Å². The molecule has 2 heterocycles. The van der Waals surface area contributed by atoms with Gasteiger partial charge in [-0.25, -0.2) is 0 Å². The Hall–Kier alpha value is -1.44. The summed E-state index contributed by atoms with van der Waals surface area (Å²) in [5, 5.41) is 2.68. The van der Waals surface area contributed by atoms with Crippen LogP contribution in [0.25, 0.3) is 17.2 Å². The van der Waals surface area contributed by atoms with Crippen LogP contribution in [-0.4, -0.2) is 15.2 Å². The van der Waals surface area contributed by atoms with Gasteiger partial charge in [-0.3, -0.25) is 9.78 Å². The Morgan fingerprint density at radius 3 is 2.33 bits per heavy atom. The van der Waals surface area contributed by atoms with Crippen molar-refractivity contribution in [2.45, 2.75) is 40.7 Å². The van der Waals surface area contributed by atoms with Crippen LogP contribution in [0, 0.1) is 19.8 Å². The normalized spacial score (nSPS) is 14.5. The average molecular weight is 485 g/mol. The molecule has 1 fully saturated rings. The lowest BCUT2D eigenvalue weighted by molar-refractivity contribution is -0.115. The maximum Gasteiger partial charge on any atom is 0.263 e. The van der Waals surface area contributed by atoms with E-state index < -0.39 is 0 Å². The van der Waals surface area contributed by atoms with E-state index in [2.05, 4.69) is 50.4 Å². The Kier molecular flexibility index (Phi) is 9.98. The molecule has 1 aliphatic heterocycles. The van der Waals surface area contributed by atoms with Gasteiger partial charge in [0.25, 0.3) is 5.91 Å². The summed E-state index contributed by atoms with van der Waals surface area (Å²) in [5.74, 6) is 0.311. The maximum atomic E-state index is 12.2. The minimum atomic E-state index is -0.162. The van der Waals surface area contributed by atoms with E-state index in [1.807, 2.05) is 13.0 Å². The number of carbonyl (C=O) groups is 1. The second kappa shape index (κ2) is 11.3. The summed E-state index contributed by atoms with van der Waals surface area (Å²) < 4.78 is 0.481. The lowest BCUT2D eigenvalue weighted by atomic mass is 9.89. The van der Waals surface area contributed by atoms with Crippen LogP contribution in [0.5, 0.6) is 0 Å². The molecular formula is C22H27Cl2N3OS2. The zero-order valence-corrected chi connectivity index (χ0v) is 20.7. The molecule has 0 radical (unpaired) electrons. The van der Waals surface area contributed by atoms with Crippen molar-refractivity contribution in [2.75, 3.05) is 0 Å². The molecule has 4 nitrogen and oxygen atoms in total. The molecule has 0 saturated carbocycles. The number of pyridine rings is 1. The van der Waals surface area contributed by atoms with Gasteiger partial charge in [0.15, 0.2) is 0 Å². The van der Waals surface area contributed by atoms with Crippen molar-refractivity contribution in [3.63, 3.8) is 0 Å². The van der Waals surface area contributed by atoms with Crippen LogP contribution in [0.15, 0.2) is 29.2 Å². The highest BCUT2D eigenvalue weighted by molar-refractivity contribution is 8.26. The third-order valence-corrected chi connectivity index (χ3v) is 5.84. The first-order chi connectivity index (χ1) is 13.3. The summed E-state index contributed by atoms with van der Waals surface area (Å²) in [6, 6.07) is 8.40. The van der Waals surface area contributed by atoms with Gasteiger partial charge in [0, 0.05) is 23.5 Å². The molecule has 1 amide bonds. The van der Waals surface area contributed by atoms with Gasteiger partial charge in [0.2, 0.25) is 0 Å². The molecule has 8 heteroatoms. The van der Waals surface area contributed by atoms with Crippen molar-refractivity contribution >= 4 is 65.1 Å². The monoisotopic (exact) mass is 483 g/mol. The van der Waals surface area contributed by atoms with Gasteiger partial charge in [0.05, 0.1) is 4.91 Å². The van der Waals surface area contributed by atoms with Crippen molar-refractivity contribution in [3.05, 3.63) is 57.2 Å². The summed E-state index contributed by atoms with van der Waals surface area (Å²) in [6.07, 6.45) is 2.76. The molecule has 0 atom stereocenters. The van der Waals surface area contributed by atoms with Gasteiger partial charge in [-0.15, -0.1) is 24.8 Å². The lowest BCUT2D eigenvalue weighted by Gasteiger charge is -2.20. The number of hydrogen-bond acceptors (Lipinski definition) is 5. The van der Waals surface area contributed by atoms with Gasteiger partial charge < -0.3 is 11.1 Å². The summed E-state index contributed by atoms with van der Waals surface area (Å²) in [7, 11) is 0. The van der Waals surface area contributed by atoms with Crippen LogP contribution >= 0.6 is 48.8 Å². The molecule has 1 aromatic heterocycles. The minimum absolute atomic E-state index is 0. The Balaban J connectivity index is 0.00000225. The first-order valence-corrected chi connectivity index (χ1v) is 10.6. The van der Waals surface area contributed by atoms with Crippen LogP contribution in [0.1, 0.15) is 41.9 Å². The first kappa shape index (κ1) is 26.6. The predicted octanol–water partition coefficient (Wildman–Crippen LogP) is 5.36. The standard InChI is InChI=1S/C22H25N3OS2.2ClH/c1-12(2)9-18-17(11-23)20(15-7-5-13(3)6-8-15)16(14(4)24-18)10-19-21(26)25-22(27)28-19;;/h5-8,10,12H,9,11,23H2,1-4H3,(H,25,26,27);2*1H/b19-10+;;. The number of hydrogen-bond donors (Lipinski definition) is 2. The van der Waals surface area contributed by atoms with Gasteiger partial charge in [0.1, 0.15) is 4.32 Å². The number of carbonyl (C=O) groups excluding carboxylic acids is 1. The SMILES string of the molecule is Cc1ccc(-c2c(/C=C3/SC(=S)NC3=O)c(C)nc(CC(C)C)c2CN)cc1.Cl.Cl. The summed E-state index contributed by atoms with van der Waals surface area (Å²) in [6.45, 7) is 8.81. The topological polar surface area (TPSA) is 68.0 Å². The molecule has 0 aliphatic carbocycles. The molecule has 3 rings (SSSR count). The third-order valence-electron chi connectivity index (χ3n) is 4.68. The number of aryl methyl sites for hydroxylation is 2. The molecule has 1 aliphatic rings.